The lowest BCUT2D eigenvalue weighted by molar-refractivity contribution is -0.131. The van der Waals surface area contributed by atoms with E-state index in [1.807, 2.05) is 42.2 Å². The van der Waals surface area contributed by atoms with E-state index in [0.29, 0.717) is 29.8 Å². The van der Waals surface area contributed by atoms with Crippen LogP contribution in [0.25, 0.3) is 33.3 Å². The fourth-order valence-electron chi connectivity index (χ4n) is 4.76. The number of hydrogen-bond donors (Lipinski definition) is 2. The third-order valence-corrected chi connectivity index (χ3v) is 6.51. The minimum Gasteiger partial charge on any atom is -0.478 e. The van der Waals surface area contributed by atoms with Gasteiger partial charge in [0.2, 0.25) is 5.91 Å². The van der Waals surface area contributed by atoms with Gasteiger partial charge in [0.1, 0.15) is 11.3 Å². The molecule has 0 atom stereocenters. The number of nitrogens with one attached hydrogen (secondary N) is 1. The Labute approximate surface area is 198 Å². The van der Waals surface area contributed by atoms with Gasteiger partial charge in [0.05, 0.1) is 11.1 Å². The van der Waals surface area contributed by atoms with Crippen LogP contribution in [0.3, 0.4) is 0 Å². The van der Waals surface area contributed by atoms with E-state index >= 15 is 0 Å². The summed E-state index contributed by atoms with van der Waals surface area (Å²) in [7, 11) is 0. The van der Waals surface area contributed by atoms with Crippen LogP contribution in [-0.2, 0) is 11.3 Å². The van der Waals surface area contributed by atoms with Gasteiger partial charge >= 0.3 is 5.97 Å². The minimum absolute atomic E-state index is 0.188. The molecule has 0 bridgehead atoms. The van der Waals surface area contributed by atoms with Gasteiger partial charge in [-0.05, 0) is 59.7 Å². The number of aryl methyl sites for hydroxylation is 1. The second-order valence-electron chi connectivity index (χ2n) is 8.91. The molecule has 1 amide bonds. The number of likely N-dealkylation sites (tertiary alicyclic amines) is 1. The summed E-state index contributed by atoms with van der Waals surface area (Å²) < 4.78 is 0. The van der Waals surface area contributed by atoms with Crippen LogP contribution in [0.2, 0.25) is 0 Å². The van der Waals surface area contributed by atoms with Gasteiger partial charge in [-0.1, -0.05) is 55.0 Å². The second kappa shape index (κ2) is 9.14. The number of benzene rings is 3. The van der Waals surface area contributed by atoms with Crippen molar-refractivity contribution in [3.05, 3.63) is 77.6 Å². The number of hydrogen-bond acceptors (Lipinski definition) is 3. The van der Waals surface area contributed by atoms with Crippen LogP contribution in [0, 0.1) is 6.92 Å². The molecular formula is C28H27N3O3. The number of aromatic carboxylic acids is 1. The van der Waals surface area contributed by atoms with Crippen molar-refractivity contribution in [3.8, 4) is 22.3 Å². The maximum absolute atomic E-state index is 12.5. The number of carbonyl (C=O) groups is 2. The van der Waals surface area contributed by atoms with E-state index in [1.165, 1.54) is 0 Å². The third kappa shape index (κ3) is 4.31. The quantitative estimate of drug-likeness (QED) is 0.399. The zero-order valence-corrected chi connectivity index (χ0v) is 19.2. The standard InChI is InChI=1S/C28H27N3O3/c1-18-29-25-16-22(15-24(28(33)34)27(25)30-18)19-10-12-20(13-11-19)23-8-5-4-7-21(23)17-31-14-6-2-3-9-26(31)32/h4-5,7-8,10-13,15-16H,2-3,6,9,14,17H2,1H3,(H,29,30)(H,33,34). The zero-order valence-electron chi connectivity index (χ0n) is 19.2. The summed E-state index contributed by atoms with van der Waals surface area (Å²) in [6.07, 6.45) is 3.78. The predicted octanol–water partition coefficient (Wildman–Crippen LogP) is 5.81. The molecule has 1 aliphatic heterocycles. The molecule has 1 aliphatic rings. The number of carbonyl (C=O) groups excluding carboxylic acids is 1. The van der Waals surface area contributed by atoms with E-state index < -0.39 is 5.97 Å². The number of carboxylic acids is 1. The first kappa shape index (κ1) is 21.9. The topological polar surface area (TPSA) is 86.3 Å². The number of amides is 1. The Morgan fingerprint density at radius 3 is 2.56 bits per heavy atom. The first-order chi connectivity index (χ1) is 16.5. The molecule has 0 unspecified atom stereocenters. The summed E-state index contributed by atoms with van der Waals surface area (Å²) >= 11 is 0. The fourth-order valence-corrected chi connectivity index (χ4v) is 4.76. The fraction of sp³-hybridized carbons (Fsp3) is 0.250. The molecule has 1 fully saturated rings. The Bertz CT molecular complexity index is 1370. The lowest BCUT2D eigenvalue weighted by Gasteiger charge is -2.22. The van der Waals surface area contributed by atoms with E-state index in [9.17, 15) is 14.7 Å². The Hall–Kier alpha value is -3.93. The number of fused-ring (bicyclic) bond motifs is 1. The normalized spacial score (nSPS) is 14.4. The number of carboxylic acid groups (broad SMARTS) is 1. The van der Waals surface area contributed by atoms with Gasteiger partial charge < -0.3 is 15.0 Å². The number of H-pyrrole nitrogens is 1. The molecule has 2 N–H and O–H groups in total. The van der Waals surface area contributed by atoms with Crippen molar-refractivity contribution in [3.63, 3.8) is 0 Å². The summed E-state index contributed by atoms with van der Waals surface area (Å²) in [6.45, 7) is 3.25. The third-order valence-electron chi connectivity index (χ3n) is 6.51. The SMILES string of the molecule is Cc1nc2c(C(=O)O)cc(-c3ccc(-c4ccccc4CN4CCCCCC4=O)cc3)cc2[nH]1. The molecule has 34 heavy (non-hydrogen) atoms. The van der Waals surface area contributed by atoms with Crippen molar-refractivity contribution in [1.29, 1.82) is 0 Å². The molecule has 0 aliphatic carbocycles. The zero-order chi connectivity index (χ0) is 23.7. The molecule has 5 rings (SSSR count). The molecular weight excluding hydrogens is 426 g/mol. The van der Waals surface area contributed by atoms with Crippen molar-refractivity contribution in [2.24, 2.45) is 0 Å². The molecule has 0 spiro atoms. The van der Waals surface area contributed by atoms with Crippen LogP contribution in [0.15, 0.2) is 60.7 Å². The van der Waals surface area contributed by atoms with E-state index in [-0.39, 0.29) is 11.5 Å². The Morgan fingerprint density at radius 2 is 1.76 bits per heavy atom. The Kier molecular flexibility index (Phi) is 5.88. The first-order valence-electron chi connectivity index (χ1n) is 11.7. The lowest BCUT2D eigenvalue weighted by Crippen LogP contribution is -2.29. The number of aromatic nitrogens is 2. The highest BCUT2D eigenvalue weighted by Crippen LogP contribution is 2.31. The van der Waals surface area contributed by atoms with Crippen molar-refractivity contribution in [2.45, 2.75) is 39.2 Å². The lowest BCUT2D eigenvalue weighted by atomic mass is 9.96. The summed E-state index contributed by atoms with van der Waals surface area (Å²) in [5.41, 5.74) is 6.44. The molecule has 172 valence electrons. The number of nitrogens with zero attached hydrogens (tertiary/aromatic N) is 2. The van der Waals surface area contributed by atoms with Crippen LogP contribution in [0.5, 0.6) is 0 Å². The van der Waals surface area contributed by atoms with Gasteiger partial charge in [0.25, 0.3) is 0 Å². The average molecular weight is 454 g/mol. The van der Waals surface area contributed by atoms with Gasteiger partial charge in [-0.15, -0.1) is 0 Å². The van der Waals surface area contributed by atoms with Crippen LogP contribution in [-0.4, -0.2) is 38.4 Å². The minimum atomic E-state index is -0.994. The molecule has 0 radical (unpaired) electrons. The molecule has 2 heterocycles. The van der Waals surface area contributed by atoms with Gasteiger partial charge in [-0.3, -0.25) is 4.79 Å². The number of rotatable bonds is 5. The van der Waals surface area contributed by atoms with Crippen molar-refractivity contribution in [2.75, 3.05) is 6.54 Å². The molecule has 6 heteroatoms. The maximum Gasteiger partial charge on any atom is 0.337 e. The van der Waals surface area contributed by atoms with Crippen molar-refractivity contribution < 1.29 is 14.7 Å². The Balaban J connectivity index is 1.47. The largest absolute Gasteiger partial charge is 0.478 e. The smallest absolute Gasteiger partial charge is 0.337 e. The monoisotopic (exact) mass is 453 g/mol. The van der Waals surface area contributed by atoms with Gasteiger partial charge in [-0.25, -0.2) is 9.78 Å². The van der Waals surface area contributed by atoms with E-state index in [4.69, 9.17) is 0 Å². The van der Waals surface area contributed by atoms with Crippen LogP contribution in [0.1, 0.15) is 47.4 Å². The molecule has 3 aromatic carbocycles. The summed E-state index contributed by atoms with van der Waals surface area (Å²) in [5.74, 6) is -0.0715. The molecule has 1 saturated heterocycles. The van der Waals surface area contributed by atoms with Crippen LogP contribution < -0.4 is 0 Å². The van der Waals surface area contributed by atoms with Gasteiger partial charge in [-0.2, -0.15) is 0 Å². The summed E-state index contributed by atoms with van der Waals surface area (Å²) in [5, 5.41) is 9.68. The van der Waals surface area contributed by atoms with E-state index in [0.717, 1.165) is 53.6 Å². The van der Waals surface area contributed by atoms with E-state index in [2.05, 4.69) is 34.2 Å². The van der Waals surface area contributed by atoms with Gasteiger partial charge in [0.15, 0.2) is 0 Å². The highest BCUT2D eigenvalue weighted by molar-refractivity contribution is 6.03. The van der Waals surface area contributed by atoms with Crippen molar-refractivity contribution >= 4 is 22.9 Å². The molecule has 6 nitrogen and oxygen atoms in total. The Morgan fingerprint density at radius 1 is 1.00 bits per heavy atom. The number of imidazole rings is 1. The second-order valence-corrected chi connectivity index (χ2v) is 8.91. The molecule has 4 aromatic rings. The molecule has 1 aromatic heterocycles. The average Bonchev–Trinajstić information content (AvgIpc) is 3.10. The summed E-state index contributed by atoms with van der Waals surface area (Å²) in [6, 6.07) is 20.0. The maximum atomic E-state index is 12.5. The highest BCUT2D eigenvalue weighted by atomic mass is 16.4. The van der Waals surface area contributed by atoms with Crippen LogP contribution >= 0.6 is 0 Å². The number of aromatic amines is 1. The van der Waals surface area contributed by atoms with Crippen molar-refractivity contribution in [1.82, 2.24) is 14.9 Å². The molecule has 0 saturated carbocycles. The predicted molar refractivity (Wildman–Crippen MR) is 133 cm³/mol. The van der Waals surface area contributed by atoms with Gasteiger partial charge in [0, 0.05) is 19.5 Å². The highest BCUT2D eigenvalue weighted by Gasteiger charge is 2.19. The van der Waals surface area contributed by atoms with E-state index in [1.54, 1.807) is 6.07 Å². The summed E-state index contributed by atoms with van der Waals surface area (Å²) in [4.78, 5) is 33.8. The first-order valence-corrected chi connectivity index (χ1v) is 11.7. The van der Waals surface area contributed by atoms with Crippen LogP contribution in [0.4, 0.5) is 0 Å².